The number of benzene rings is 1. The molecule has 0 saturated carbocycles. The van der Waals surface area contributed by atoms with E-state index in [-0.39, 0.29) is 30.0 Å². The Morgan fingerprint density at radius 3 is 2.95 bits per heavy atom. The van der Waals surface area contributed by atoms with Gasteiger partial charge in [-0.2, -0.15) is 15.4 Å². The number of carboxylic acid groups (broad SMARTS) is 1. The lowest BCUT2D eigenvalue weighted by molar-refractivity contribution is 0.0687. The van der Waals surface area contributed by atoms with E-state index >= 15 is 0 Å². The Balaban J connectivity index is 1.95. The van der Waals surface area contributed by atoms with Crippen LogP contribution in [0.3, 0.4) is 0 Å². The lowest BCUT2D eigenvalue weighted by Crippen LogP contribution is -2.45. The van der Waals surface area contributed by atoms with Gasteiger partial charge in [-0.05, 0) is 18.1 Å². The second-order valence-electron chi connectivity index (χ2n) is 5.00. The molecule has 0 saturated heterocycles. The number of rotatable bonds is 4. The van der Waals surface area contributed by atoms with Gasteiger partial charge in [-0.1, -0.05) is 12.4 Å². The lowest BCUT2D eigenvalue weighted by atomic mass is 9.70. The molecule has 1 aliphatic heterocycles. The highest BCUT2D eigenvalue weighted by molar-refractivity contribution is 6.59. The summed E-state index contributed by atoms with van der Waals surface area (Å²) in [4.78, 5) is 11.5. The third-order valence-corrected chi connectivity index (χ3v) is 3.35. The van der Waals surface area contributed by atoms with Crippen LogP contribution in [0.4, 0.5) is 0 Å². The number of nitrogens with one attached hydrogen (secondary N) is 1. The predicted octanol–water partition coefficient (Wildman–Crippen LogP) is -0.0597. The first kappa shape index (κ1) is 14.4. The summed E-state index contributed by atoms with van der Waals surface area (Å²) in [7, 11) is 0. The highest BCUT2D eigenvalue weighted by Crippen LogP contribution is 2.38. The molecule has 0 fully saturated rings. The molecule has 1 aromatic carbocycles. The predicted molar refractivity (Wildman–Crippen MR) is 73.4 cm³/mol. The molecular weight excluding hydrogens is 293 g/mol. The standard InChI is InChI=1S/C12H13BN3O6/c17-12(18)10-9(21-6-8-5-14-16-15-8)2-1-7-3-4-13(19,20)22-11(7)10/h1-2,5,19-20H,3-4,6H2,(H,17,18)(H,14,15,16)/q-1. The topological polar surface area (TPSA) is 138 Å². The van der Waals surface area contributed by atoms with E-state index in [9.17, 15) is 19.9 Å². The smallest absolute Gasteiger partial charge is 0.430 e. The number of carboxylic acids is 1. The molecule has 3 rings (SSSR count). The second kappa shape index (κ2) is 5.32. The average molecular weight is 306 g/mol. The molecule has 0 atom stereocenters. The van der Waals surface area contributed by atoms with E-state index in [0.717, 1.165) is 0 Å². The maximum Gasteiger partial charge on any atom is 0.430 e. The highest BCUT2D eigenvalue weighted by atomic mass is 16.6. The highest BCUT2D eigenvalue weighted by Gasteiger charge is 2.32. The number of H-pyrrole nitrogens is 1. The number of aryl methyl sites for hydroxylation is 1. The number of nitrogens with zero attached hydrogens (tertiary/aromatic N) is 2. The number of hydrogen-bond acceptors (Lipinski definition) is 7. The quantitative estimate of drug-likeness (QED) is 0.576. The first-order valence-electron chi connectivity index (χ1n) is 6.62. The number of ether oxygens (including phenoxy) is 1. The Labute approximate surface area is 124 Å². The SMILES string of the molecule is O=C(O)c1c(OCc2cn[nH]n2)ccc2c1O[B-](O)(O)CC2. The Morgan fingerprint density at radius 2 is 2.27 bits per heavy atom. The van der Waals surface area contributed by atoms with Gasteiger partial charge < -0.3 is 24.5 Å². The number of hydrogen-bond donors (Lipinski definition) is 4. The van der Waals surface area contributed by atoms with Crippen molar-refractivity contribution in [1.82, 2.24) is 15.4 Å². The van der Waals surface area contributed by atoms with Gasteiger partial charge >= 0.3 is 12.7 Å². The fourth-order valence-corrected chi connectivity index (χ4v) is 2.30. The van der Waals surface area contributed by atoms with Gasteiger partial charge in [0.1, 0.15) is 23.6 Å². The van der Waals surface area contributed by atoms with Crippen LogP contribution in [0, 0.1) is 0 Å². The second-order valence-corrected chi connectivity index (χ2v) is 5.00. The van der Waals surface area contributed by atoms with Crippen LogP contribution in [0.1, 0.15) is 21.6 Å². The van der Waals surface area contributed by atoms with Crippen LogP contribution in [0.2, 0.25) is 6.32 Å². The van der Waals surface area contributed by atoms with Crippen LogP contribution in [0.15, 0.2) is 18.3 Å². The molecule has 0 amide bonds. The van der Waals surface area contributed by atoms with Gasteiger partial charge in [-0.3, -0.25) is 0 Å². The fourth-order valence-electron chi connectivity index (χ4n) is 2.30. The average Bonchev–Trinajstić information content (AvgIpc) is 2.96. The molecule has 0 radical (unpaired) electrons. The van der Waals surface area contributed by atoms with E-state index in [1.165, 1.54) is 12.3 Å². The van der Waals surface area contributed by atoms with Crippen LogP contribution >= 0.6 is 0 Å². The van der Waals surface area contributed by atoms with Gasteiger partial charge in [0.05, 0.1) is 11.9 Å². The molecule has 1 aliphatic rings. The Bertz CT molecular complexity index is 703. The lowest BCUT2D eigenvalue weighted by Gasteiger charge is -2.37. The first-order chi connectivity index (χ1) is 10.5. The number of aromatic nitrogens is 3. The summed E-state index contributed by atoms with van der Waals surface area (Å²) in [6, 6.07) is 3.16. The molecule has 0 unspecified atom stereocenters. The summed E-state index contributed by atoms with van der Waals surface area (Å²) in [6.45, 7) is -3.03. The number of aromatic carboxylic acids is 1. The Morgan fingerprint density at radius 1 is 1.45 bits per heavy atom. The Hall–Kier alpha value is -2.59. The van der Waals surface area contributed by atoms with Gasteiger partial charge in [0.25, 0.3) is 0 Å². The first-order valence-corrected chi connectivity index (χ1v) is 6.62. The molecule has 0 bridgehead atoms. The van der Waals surface area contributed by atoms with Crippen molar-refractivity contribution in [2.75, 3.05) is 0 Å². The van der Waals surface area contributed by atoms with Gasteiger partial charge in [0.15, 0.2) is 0 Å². The third-order valence-electron chi connectivity index (χ3n) is 3.35. The minimum absolute atomic E-state index is 0.0180. The van der Waals surface area contributed by atoms with E-state index in [1.807, 2.05) is 0 Å². The molecule has 4 N–H and O–H groups in total. The van der Waals surface area contributed by atoms with Gasteiger partial charge in [-0.25, -0.2) is 4.79 Å². The molecule has 22 heavy (non-hydrogen) atoms. The minimum Gasteiger partial charge on any atom is -0.669 e. The van der Waals surface area contributed by atoms with Gasteiger partial charge in [0.2, 0.25) is 0 Å². The zero-order valence-electron chi connectivity index (χ0n) is 11.4. The van der Waals surface area contributed by atoms with Crippen molar-refractivity contribution < 1.29 is 29.3 Å². The van der Waals surface area contributed by atoms with E-state index < -0.39 is 12.7 Å². The third kappa shape index (κ3) is 2.74. The summed E-state index contributed by atoms with van der Waals surface area (Å²) in [5, 5.41) is 38.5. The molecule has 1 aromatic heterocycles. The van der Waals surface area contributed by atoms with Crippen molar-refractivity contribution in [3.8, 4) is 11.5 Å². The monoisotopic (exact) mass is 306 g/mol. The van der Waals surface area contributed by atoms with Crippen LogP contribution in [-0.2, 0) is 13.0 Å². The van der Waals surface area contributed by atoms with E-state index in [2.05, 4.69) is 15.4 Å². The van der Waals surface area contributed by atoms with E-state index in [1.54, 1.807) is 6.07 Å². The maximum absolute atomic E-state index is 11.5. The summed E-state index contributed by atoms with van der Waals surface area (Å²) >= 11 is 0. The molecule has 0 spiro atoms. The van der Waals surface area contributed by atoms with Crippen molar-refractivity contribution >= 4 is 12.7 Å². The summed E-state index contributed by atoms with van der Waals surface area (Å²) < 4.78 is 10.5. The molecule has 116 valence electrons. The number of aromatic amines is 1. The summed E-state index contributed by atoms with van der Waals surface area (Å²) in [6.07, 6.45) is 1.78. The van der Waals surface area contributed by atoms with Crippen molar-refractivity contribution in [1.29, 1.82) is 0 Å². The Kier molecular flexibility index (Phi) is 3.47. The summed E-state index contributed by atoms with van der Waals surface area (Å²) in [5.41, 5.74) is 0.847. The van der Waals surface area contributed by atoms with Crippen molar-refractivity contribution in [3.05, 3.63) is 35.2 Å². The molecule has 2 aromatic rings. The van der Waals surface area contributed by atoms with Crippen molar-refractivity contribution in [2.24, 2.45) is 0 Å². The van der Waals surface area contributed by atoms with Gasteiger partial charge in [-0.15, -0.1) is 0 Å². The van der Waals surface area contributed by atoms with E-state index in [4.69, 9.17) is 9.39 Å². The molecule has 2 heterocycles. The largest absolute Gasteiger partial charge is 0.669 e. The summed E-state index contributed by atoms with van der Waals surface area (Å²) in [5.74, 6) is -1.29. The molecular formula is C12H13BN3O6-. The number of carbonyl (C=O) groups is 1. The van der Waals surface area contributed by atoms with Crippen molar-refractivity contribution in [2.45, 2.75) is 19.3 Å². The van der Waals surface area contributed by atoms with Crippen LogP contribution in [0.5, 0.6) is 11.5 Å². The molecule has 10 heteroatoms. The normalized spacial score (nSPS) is 15.7. The van der Waals surface area contributed by atoms with Crippen LogP contribution in [-0.4, -0.2) is 43.3 Å². The fraction of sp³-hybridized carbons (Fsp3) is 0.250. The zero-order valence-corrected chi connectivity index (χ0v) is 11.4. The number of fused-ring (bicyclic) bond motifs is 1. The van der Waals surface area contributed by atoms with Crippen molar-refractivity contribution in [3.63, 3.8) is 0 Å². The van der Waals surface area contributed by atoms with Crippen LogP contribution in [0.25, 0.3) is 0 Å². The molecule has 0 aliphatic carbocycles. The minimum atomic E-state index is -3.05. The van der Waals surface area contributed by atoms with E-state index in [0.29, 0.717) is 17.7 Å². The van der Waals surface area contributed by atoms with Crippen LogP contribution < -0.4 is 9.39 Å². The maximum atomic E-state index is 11.5. The molecule has 9 nitrogen and oxygen atoms in total. The van der Waals surface area contributed by atoms with Gasteiger partial charge in [0, 0.05) is 0 Å². The zero-order chi connectivity index (χ0) is 15.7.